The van der Waals surface area contributed by atoms with E-state index in [-0.39, 0.29) is 5.41 Å². The second-order valence-corrected chi connectivity index (χ2v) is 7.36. The predicted molar refractivity (Wildman–Crippen MR) is 97.1 cm³/mol. The lowest BCUT2D eigenvalue weighted by atomic mass is 9.82. The third-order valence-electron chi connectivity index (χ3n) is 4.75. The SMILES string of the molecule is CC1(C)c2ccc(-c3ccccc3)cc2-c2ccc(Br)cc21. The second-order valence-electron chi connectivity index (χ2n) is 6.44. The molecule has 0 fully saturated rings. The first kappa shape index (κ1) is 13.8. The molecule has 1 aliphatic carbocycles. The summed E-state index contributed by atoms with van der Waals surface area (Å²) in [5.74, 6) is 0. The summed E-state index contributed by atoms with van der Waals surface area (Å²) in [4.78, 5) is 0. The van der Waals surface area contributed by atoms with Crippen LogP contribution in [0.1, 0.15) is 25.0 Å². The van der Waals surface area contributed by atoms with Gasteiger partial charge in [0.2, 0.25) is 0 Å². The van der Waals surface area contributed by atoms with Crippen LogP contribution in [0.5, 0.6) is 0 Å². The quantitative estimate of drug-likeness (QED) is 0.475. The number of hydrogen-bond acceptors (Lipinski definition) is 0. The van der Waals surface area contributed by atoms with Crippen molar-refractivity contribution in [3.63, 3.8) is 0 Å². The van der Waals surface area contributed by atoms with Crippen LogP contribution in [0.25, 0.3) is 22.3 Å². The summed E-state index contributed by atoms with van der Waals surface area (Å²) in [6, 6.07) is 24.1. The van der Waals surface area contributed by atoms with Gasteiger partial charge in [0.25, 0.3) is 0 Å². The predicted octanol–water partition coefficient (Wildman–Crippen LogP) is 6.42. The molecule has 0 saturated carbocycles. The van der Waals surface area contributed by atoms with Gasteiger partial charge >= 0.3 is 0 Å². The Morgan fingerprint density at radius 2 is 1.45 bits per heavy atom. The highest BCUT2D eigenvalue weighted by molar-refractivity contribution is 9.10. The Hall–Kier alpha value is -1.86. The molecule has 0 spiro atoms. The van der Waals surface area contributed by atoms with Crippen molar-refractivity contribution in [2.45, 2.75) is 19.3 Å². The molecule has 3 aromatic carbocycles. The van der Waals surface area contributed by atoms with Gasteiger partial charge < -0.3 is 0 Å². The van der Waals surface area contributed by atoms with E-state index in [1.54, 1.807) is 0 Å². The molecular weight excluding hydrogens is 332 g/mol. The van der Waals surface area contributed by atoms with Crippen LogP contribution in [0.3, 0.4) is 0 Å². The fourth-order valence-electron chi connectivity index (χ4n) is 3.54. The van der Waals surface area contributed by atoms with Crippen LogP contribution < -0.4 is 0 Å². The molecule has 0 unspecified atom stereocenters. The fourth-order valence-corrected chi connectivity index (χ4v) is 3.90. The number of fused-ring (bicyclic) bond motifs is 3. The maximum atomic E-state index is 3.61. The van der Waals surface area contributed by atoms with Crippen LogP contribution in [-0.4, -0.2) is 0 Å². The zero-order chi connectivity index (χ0) is 15.3. The number of benzene rings is 3. The van der Waals surface area contributed by atoms with Crippen molar-refractivity contribution in [3.05, 3.63) is 82.3 Å². The number of halogens is 1. The highest BCUT2D eigenvalue weighted by Gasteiger charge is 2.35. The summed E-state index contributed by atoms with van der Waals surface area (Å²) in [7, 11) is 0. The maximum Gasteiger partial charge on any atom is 0.0178 e. The molecule has 0 N–H and O–H groups in total. The standard InChI is InChI=1S/C21H17Br/c1-21(2)19-11-8-15(14-6-4-3-5-7-14)12-18(19)17-10-9-16(22)13-20(17)21/h3-13H,1-2H3. The summed E-state index contributed by atoms with van der Waals surface area (Å²) in [6.07, 6.45) is 0. The van der Waals surface area contributed by atoms with E-state index in [0.29, 0.717) is 0 Å². The van der Waals surface area contributed by atoms with Gasteiger partial charge in [-0.2, -0.15) is 0 Å². The second kappa shape index (κ2) is 4.82. The van der Waals surface area contributed by atoms with E-state index in [2.05, 4.69) is 96.5 Å². The molecule has 1 aliphatic rings. The molecule has 0 nitrogen and oxygen atoms in total. The number of hydrogen-bond donors (Lipinski definition) is 0. The molecule has 3 aromatic rings. The van der Waals surface area contributed by atoms with Gasteiger partial charge in [0, 0.05) is 9.89 Å². The van der Waals surface area contributed by atoms with E-state index >= 15 is 0 Å². The lowest BCUT2D eigenvalue weighted by Crippen LogP contribution is -2.14. The van der Waals surface area contributed by atoms with Gasteiger partial charge in [-0.25, -0.2) is 0 Å². The van der Waals surface area contributed by atoms with Crippen molar-refractivity contribution in [1.29, 1.82) is 0 Å². The summed E-state index contributed by atoms with van der Waals surface area (Å²) in [5.41, 5.74) is 8.17. The van der Waals surface area contributed by atoms with E-state index in [1.807, 2.05) is 0 Å². The van der Waals surface area contributed by atoms with Gasteiger partial charge in [-0.1, -0.05) is 78.3 Å². The van der Waals surface area contributed by atoms with Crippen molar-refractivity contribution in [3.8, 4) is 22.3 Å². The fraction of sp³-hybridized carbons (Fsp3) is 0.143. The molecule has 22 heavy (non-hydrogen) atoms. The largest absolute Gasteiger partial charge is 0.0622 e. The van der Waals surface area contributed by atoms with E-state index < -0.39 is 0 Å². The lowest BCUT2D eigenvalue weighted by molar-refractivity contribution is 0.660. The minimum Gasteiger partial charge on any atom is -0.0622 e. The molecule has 0 aliphatic heterocycles. The van der Waals surface area contributed by atoms with Crippen LogP contribution in [0, 0.1) is 0 Å². The highest BCUT2D eigenvalue weighted by Crippen LogP contribution is 2.50. The Morgan fingerprint density at radius 3 is 2.23 bits per heavy atom. The van der Waals surface area contributed by atoms with E-state index in [4.69, 9.17) is 0 Å². The molecule has 0 radical (unpaired) electrons. The summed E-state index contributed by atoms with van der Waals surface area (Å²) < 4.78 is 1.15. The Bertz CT molecular complexity index is 860. The molecule has 1 heteroatoms. The van der Waals surface area contributed by atoms with Crippen molar-refractivity contribution >= 4 is 15.9 Å². The van der Waals surface area contributed by atoms with E-state index in [1.165, 1.54) is 33.4 Å². The third-order valence-corrected chi connectivity index (χ3v) is 5.24. The Kier molecular flexibility index (Phi) is 3.02. The monoisotopic (exact) mass is 348 g/mol. The average molecular weight is 349 g/mol. The molecular formula is C21H17Br. The minimum absolute atomic E-state index is 0.0592. The van der Waals surface area contributed by atoms with Crippen LogP contribution in [0.15, 0.2) is 71.2 Å². The summed E-state index contributed by atoms with van der Waals surface area (Å²) in [5, 5.41) is 0. The van der Waals surface area contributed by atoms with Gasteiger partial charge in [0.15, 0.2) is 0 Å². The van der Waals surface area contributed by atoms with Crippen LogP contribution in [0.4, 0.5) is 0 Å². The van der Waals surface area contributed by atoms with Gasteiger partial charge in [0.05, 0.1) is 0 Å². The van der Waals surface area contributed by atoms with Crippen LogP contribution >= 0.6 is 15.9 Å². The molecule has 4 rings (SSSR count). The number of rotatable bonds is 1. The van der Waals surface area contributed by atoms with Crippen molar-refractivity contribution in [2.75, 3.05) is 0 Å². The zero-order valence-corrected chi connectivity index (χ0v) is 14.3. The van der Waals surface area contributed by atoms with Crippen molar-refractivity contribution in [1.82, 2.24) is 0 Å². The van der Waals surface area contributed by atoms with Crippen molar-refractivity contribution < 1.29 is 0 Å². The molecule has 0 aromatic heterocycles. The van der Waals surface area contributed by atoms with Gasteiger partial charge in [-0.3, -0.25) is 0 Å². The molecule has 0 bridgehead atoms. The van der Waals surface area contributed by atoms with Crippen LogP contribution in [0.2, 0.25) is 0 Å². The summed E-state index contributed by atoms with van der Waals surface area (Å²) >= 11 is 3.61. The first-order chi connectivity index (χ1) is 10.6. The first-order valence-electron chi connectivity index (χ1n) is 7.58. The molecule has 108 valence electrons. The molecule has 0 heterocycles. The normalized spacial score (nSPS) is 14.5. The smallest absolute Gasteiger partial charge is 0.0178 e. The van der Waals surface area contributed by atoms with E-state index in [0.717, 1.165) is 4.47 Å². The van der Waals surface area contributed by atoms with E-state index in [9.17, 15) is 0 Å². The van der Waals surface area contributed by atoms with Gasteiger partial charge in [-0.15, -0.1) is 0 Å². The molecule has 0 atom stereocenters. The molecule has 0 saturated heterocycles. The van der Waals surface area contributed by atoms with Crippen LogP contribution in [-0.2, 0) is 5.41 Å². The van der Waals surface area contributed by atoms with Gasteiger partial charge in [-0.05, 0) is 51.6 Å². The highest BCUT2D eigenvalue weighted by atomic mass is 79.9. The summed E-state index contributed by atoms with van der Waals surface area (Å²) in [6.45, 7) is 4.62. The zero-order valence-electron chi connectivity index (χ0n) is 12.7. The van der Waals surface area contributed by atoms with Crippen molar-refractivity contribution in [2.24, 2.45) is 0 Å². The Labute approximate surface area is 140 Å². The Balaban J connectivity index is 1.96. The topological polar surface area (TPSA) is 0 Å². The lowest BCUT2D eigenvalue weighted by Gasteiger charge is -2.21. The third kappa shape index (κ3) is 1.96. The first-order valence-corrected chi connectivity index (χ1v) is 8.37. The molecule has 0 amide bonds. The minimum atomic E-state index is 0.0592. The average Bonchev–Trinajstić information content (AvgIpc) is 2.76. The maximum absolute atomic E-state index is 3.61. The van der Waals surface area contributed by atoms with Gasteiger partial charge in [0.1, 0.15) is 0 Å². The Morgan fingerprint density at radius 1 is 0.682 bits per heavy atom.